The smallest absolute Gasteiger partial charge is 0.307 e. The van der Waals surface area contributed by atoms with E-state index in [0.29, 0.717) is 0 Å². The fraction of sp³-hybridized carbons (Fsp3) is 0.833. The van der Waals surface area contributed by atoms with Crippen molar-refractivity contribution in [2.24, 2.45) is 5.92 Å². The normalized spacial score (nSPS) is 14.7. The number of rotatable bonds is 10. The number of esters is 1. The largest absolute Gasteiger partial charge is 0.465 e. The van der Waals surface area contributed by atoms with Crippen LogP contribution in [-0.2, 0) is 24.4 Å². The van der Waals surface area contributed by atoms with E-state index < -0.39 is 27.8 Å². The highest BCUT2D eigenvalue weighted by Crippen LogP contribution is 2.13. The van der Waals surface area contributed by atoms with Crippen LogP contribution < -0.4 is 0 Å². The summed E-state index contributed by atoms with van der Waals surface area (Å²) in [7, 11) is -4.54. The minimum Gasteiger partial charge on any atom is -0.465 e. The third-order valence-electron chi connectivity index (χ3n) is 2.93. The molecule has 1 N–H and O–H groups in total. The van der Waals surface area contributed by atoms with Crippen molar-refractivity contribution >= 4 is 22.4 Å². The molecule has 0 aliphatic carbocycles. The highest BCUT2D eigenvalue weighted by Gasteiger charge is 2.26. The van der Waals surface area contributed by atoms with E-state index in [9.17, 15) is 18.0 Å². The quantitative estimate of drug-likeness (QED) is 0.373. The summed E-state index contributed by atoms with van der Waals surface area (Å²) in [4.78, 5) is 21.9. The van der Waals surface area contributed by atoms with Crippen LogP contribution in [0.5, 0.6) is 0 Å². The van der Waals surface area contributed by atoms with Crippen molar-refractivity contribution in [3.05, 3.63) is 0 Å². The number of carbonyl (C=O) groups is 2. The summed E-state index contributed by atoms with van der Waals surface area (Å²) in [6, 6.07) is 0. The fourth-order valence-electron chi connectivity index (χ4n) is 1.56. The van der Waals surface area contributed by atoms with E-state index in [1.807, 2.05) is 6.92 Å². The molecule has 6 nitrogen and oxygen atoms in total. The van der Waals surface area contributed by atoms with Gasteiger partial charge in [0.25, 0.3) is 10.1 Å². The van der Waals surface area contributed by atoms with E-state index in [1.54, 1.807) is 0 Å². The molecule has 0 amide bonds. The lowest BCUT2D eigenvalue weighted by Gasteiger charge is -2.15. The number of unbranched alkanes of at least 4 members (excludes halogenated alkanes) is 1. The predicted octanol–water partition coefficient (Wildman–Crippen LogP) is 1.59. The van der Waals surface area contributed by atoms with Gasteiger partial charge in [-0.1, -0.05) is 33.1 Å². The van der Waals surface area contributed by atoms with Gasteiger partial charge in [-0.05, 0) is 12.3 Å². The van der Waals surface area contributed by atoms with Crippen LogP contribution in [0.4, 0.5) is 0 Å². The predicted molar refractivity (Wildman–Crippen MR) is 70.3 cm³/mol. The summed E-state index contributed by atoms with van der Waals surface area (Å²) < 4.78 is 35.1. The average molecular weight is 294 g/mol. The molecule has 0 radical (unpaired) electrons. The molecule has 19 heavy (non-hydrogen) atoms. The van der Waals surface area contributed by atoms with Crippen LogP contribution in [0.25, 0.3) is 0 Å². The Balaban J connectivity index is 4.20. The van der Waals surface area contributed by atoms with Crippen molar-refractivity contribution in [3.63, 3.8) is 0 Å². The first-order valence-corrected chi connectivity index (χ1v) is 7.92. The Morgan fingerprint density at radius 3 is 2.42 bits per heavy atom. The summed E-state index contributed by atoms with van der Waals surface area (Å²) in [6.07, 6.45) is 3.29. The van der Waals surface area contributed by atoms with Crippen molar-refractivity contribution in [3.8, 4) is 0 Å². The van der Waals surface area contributed by atoms with Crippen LogP contribution in [0.15, 0.2) is 0 Å². The molecule has 0 aromatic rings. The standard InChI is InChI=1S/C12H22O6S/c1-3-5-6-10(4-2)9-18-12(14)7-11(8-13)19(15,16)17/h8,10-11H,3-7,9H2,1-2H3,(H,15,16,17). The van der Waals surface area contributed by atoms with E-state index in [0.717, 1.165) is 25.7 Å². The van der Waals surface area contributed by atoms with Crippen molar-refractivity contribution in [2.45, 2.75) is 51.2 Å². The molecule has 0 aliphatic heterocycles. The van der Waals surface area contributed by atoms with Gasteiger partial charge in [0, 0.05) is 0 Å². The first-order chi connectivity index (χ1) is 8.85. The van der Waals surface area contributed by atoms with Crippen LogP contribution in [0, 0.1) is 5.92 Å². The molecule has 2 atom stereocenters. The van der Waals surface area contributed by atoms with Crippen molar-refractivity contribution in [2.75, 3.05) is 6.61 Å². The maximum atomic E-state index is 11.4. The Labute approximate surface area is 114 Å². The van der Waals surface area contributed by atoms with Gasteiger partial charge in [0.1, 0.15) is 6.29 Å². The van der Waals surface area contributed by atoms with Gasteiger partial charge >= 0.3 is 5.97 Å². The van der Waals surface area contributed by atoms with Crippen LogP contribution >= 0.6 is 0 Å². The molecule has 0 fully saturated rings. The number of carbonyl (C=O) groups excluding carboxylic acids is 2. The summed E-state index contributed by atoms with van der Waals surface area (Å²) in [5.74, 6) is -0.547. The van der Waals surface area contributed by atoms with Crippen molar-refractivity contribution in [1.82, 2.24) is 0 Å². The molecule has 0 heterocycles. The molecule has 2 unspecified atom stereocenters. The lowest BCUT2D eigenvalue weighted by atomic mass is 10.0. The monoisotopic (exact) mass is 294 g/mol. The average Bonchev–Trinajstić information content (AvgIpc) is 2.34. The molecule has 0 spiro atoms. The van der Waals surface area contributed by atoms with Gasteiger partial charge in [0.15, 0.2) is 5.25 Å². The molecule has 112 valence electrons. The second-order valence-electron chi connectivity index (χ2n) is 4.49. The number of aldehydes is 1. The molecule has 0 aromatic heterocycles. The third-order valence-corrected chi connectivity index (χ3v) is 3.97. The van der Waals surface area contributed by atoms with Gasteiger partial charge in [-0.25, -0.2) is 0 Å². The van der Waals surface area contributed by atoms with Crippen LogP contribution in [0.2, 0.25) is 0 Å². The lowest BCUT2D eigenvalue weighted by Crippen LogP contribution is -2.27. The van der Waals surface area contributed by atoms with E-state index in [4.69, 9.17) is 9.29 Å². The SMILES string of the molecule is CCCCC(CC)COC(=O)CC(C=O)S(=O)(=O)O. The van der Waals surface area contributed by atoms with E-state index in [2.05, 4.69) is 6.92 Å². The molecular formula is C12H22O6S. The van der Waals surface area contributed by atoms with E-state index >= 15 is 0 Å². The summed E-state index contributed by atoms with van der Waals surface area (Å²) >= 11 is 0. The Kier molecular flexibility index (Phi) is 8.58. The zero-order valence-corrected chi connectivity index (χ0v) is 12.2. The maximum Gasteiger partial charge on any atom is 0.307 e. The van der Waals surface area contributed by atoms with E-state index in [1.165, 1.54) is 0 Å². The fourth-order valence-corrected chi connectivity index (χ4v) is 2.04. The summed E-state index contributed by atoms with van der Waals surface area (Å²) in [5, 5.41) is -1.74. The van der Waals surface area contributed by atoms with Crippen LogP contribution in [0.1, 0.15) is 46.0 Å². The first kappa shape index (κ1) is 18.0. The number of hydrogen-bond donors (Lipinski definition) is 1. The van der Waals surface area contributed by atoms with Crippen molar-refractivity contribution < 1.29 is 27.3 Å². The Hall–Kier alpha value is -0.950. The minimum absolute atomic E-state index is 0.0327. The zero-order chi connectivity index (χ0) is 14.9. The number of ether oxygens (including phenoxy) is 1. The number of hydrogen-bond acceptors (Lipinski definition) is 5. The molecule has 0 saturated heterocycles. The van der Waals surface area contributed by atoms with Gasteiger partial charge in [0.2, 0.25) is 0 Å². The van der Waals surface area contributed by atoms with E-state index in [-0.39, 0.29) is 18.8 Å². The topological polar surface area (TPSA) is 97.7 Å². The van der Waals surface area contributed by atoms with Gasteiger partial charge in [-0.3, -0.25) is 9.35 Å². The van der Waals surface area contributed by atoms with Gasteiger partial charge in [-0.15, -0.1) is 0 Å². The highest BCUT2D eigenvalue weighted by atomic mass is 32.2. The second kappa shape index (κ2) is 9.03. The Morgan fingerprint density at radius 2 is 2.00 bits per heavy atom. The molecule has 0 aliphatic rings. The van der Waals surface area contributed by atoms with Crippen LogP contribution in [-0.4, -0.2) is 37.1 Å². The summed E-state index contributed by atoms with van der Waals surface area (Å²) in [5.41, 5.74) is 0. The molecule has 7 heteroatoms. The van der Waals surface area contributed by atoms with Gasteiger partial charge in [0.05, 0.1) is 13.0 Å². The zero-order valence-electron chi connectivity index (χ0n) is 11.4. The summed E-state index contributed by atoms with van der Waals surface area (Å²) in [6.45, 7) is 4.27. The van der Waals surface area contributed by atoms with Gasteiger partial charge in [-0.2, -0.15) is 8.42 Å². The Bertz CT molecular complexity index is 376. The maximum absolute atomic E-state index is 11.4. The van der Waals surface area contributed by atoms with Gasteiger partial charge < -0.3 is 9.53 Å². The second-order valence-corrected chi connectivity index (χ2v) is 6.13. The first-order valence-electron chi connectivity index (χ1n) is 6.42. The highest BCUT2D eigenvalue weighted by molar-refractivity contribution is 7.87. The molecule has 0 saturated carbocycles. The van der Waals surface area contributed by atoms with Crippen LogP contribution in [0.3, 0.4) is 0 Å². The molecule has 0 bridgehead atoms. The molecule has 0 aromatic carbocycles. The third kappa shape index (κ3) is 7.94. The lowest BCUT2D eigenvalue weighted by molar-refractivity contribution is -0.145. The van der Waals surface area contributed by atoms with Crippen molar-refractivity contribution in [1.29, 1.82) is 0 Å². The minimum atomic E-state index is -4.54. The molecule has 0 rings (SSSR count). The molecular weight excluding hydrogens is 272 g/mol. The Morgan fingerprint density at radius 1 is 1.37 bits per heavy atom.